The number of halogens is 2. The number of hydroxylamine groups is 2. The zero-order chi connectivity index (χ0) is 9.84. The van der Waals surface area contributed by atoms with Crippen LogP contribution in [0.5, 0.6) is 0 Å². The molecule has 2 nitrogen and oxygen atoms in total. The predicted octanol–water partition coefficient (Wildman–Crippen LogP) is 2.47. The van der Waals surface area contributed by atoms with Crippen molar-refractivity contribution in [3.63, 3.8) is 0 Å². The summed E-state index contributed by atoms with van der Waals surface area (Å²) < 4.78 is 13.2. The van der Waals surface area contributed by atoms with Crippen LogP contribution in [0.15, 0.2) is 18.2 Å². The van der Waals surface area contributed by atoms with Gasteiger partial charge in [-0.3, -0.25) is 0 Å². The van der Waals surface area contributed by atoms with Crippen molar-refractivity contribution in [3.05, 3.63) is 34.6 Å². The van der Waals surface area contributed by atoms with Crippen LogP contribution in [0.25, 0.3) is 0 Å². The third kappa shape index (κ3) is 2.66. The van der Waals surface area contributed by atoms with Gasteiger partial charge in [0.25, 0.3) is 0 Å². The van der Waals surface area contributed by atoms with E-state index in [9.17, 15) is 4.39 Å². The monoisotopic (exact) mass is 203 g/mol. The molecule has 4 heteroatoms. The van der Waals surface area contributed by atoms with Crippen molar-refractivity contribution in [2.75, 3.05) is 14.2 Å². The molecule has 0 radical (unpaired) electrons. The highest BCUT2D eigenvalue weighted by Crippen LogP contribution is 2.19. The first-order valence-corrected chi connectivity index (χ1v) is 4.21. The van der Waals surface area contributed by atoms with Gasteiger partial charge in [-0.1, -0.05) is 17.7 Å². The fraction of sp³-hybridized carbons (Fsp3) is 0.333. The van der Waals surface area contributed by atoms with E-state index in [1.54, 1.807) is 19.2 Å². The Morgan fingerprint density at radius 3 is 2.77 bits per heavy atom. The Bertz CT molecular complexity index is 273. The van der Waals surface area contributed by atoms with Gasteiger partial charge in [0.05, 0.1) is 13.7 Å². The molecule has 13 heavy (non-hydrogen) atoms. The molecule has 0 unspecified atom stereocenters. The van der Waals surface area contributed by atoms with E-state index in [2.05, 4.69) is 0 Å². The average Bonchev–Trinajstić information content (AvgIpc) is 2.11. The Kier molecular flexibility index (Phi) is 3.66. The summed E-state index contributed by atoms with van der Waals surface area (Å²) in [6.45, 7) is 0.335. The van der Waals surface area contributed by atoms with E-state index in [0.29, 0.717) is 17.1 Å². The molecule has 0 saturated carbocycles. The molecule has 0 fully saturated rings. The van der Waals surface area contributed by atoms with Gasteiger partial charge >= 0.3 is 0 Å². The zero-order valence-electron chi connectivity index (χ0n) is 7.55. The second-order valence-corrected chi connectivity index (χ2v) is 3.08. The molecule has 0 bridgehead atoms. The highest BCUT2D eigenvalue weighted by atomic mass is 35.5. The first kappa shape index (κ1) is 10.4. The van der Waals surface area contributed by atoms with Gasteiger partial charge in [-0.2, -0.15) is 5.06 Å². The van der Waals surface area contributed by atoms with Gasteiger partial charge in [0.15, 0.2) is 0 Å². The molecule has 0 spiro atoms. The molecular weight excluding hydrogens is 193 g/mol. The Labute approximate surface area is 81.8 Å². The predicted molar refractivity (Wildman–Crippen MR) is 49.9 cm³/mol. The number of hydrogen-bond acceptors (Lipinski definition) is 2. The molecule has 1 aromatic carbocycles. The fourth-order valence-electron chi connectivity index (χ4n) is 0.971. The maximum atomic E-state index is 13.2. The van der Waals surface area contributed by atoms with Gasteiger partial charge in [0, 0.05) is 17.6 Å². The van der Waals surface area contributed by atoms with Crippen molar-refractivity contribution in [1.29, 1.82) is 0 Å². The van der Waals surface area contributed by atoms with Crippen LogP contribution >= 0.6 is 11.6 Å². The summed E-state index contributed by atoms with van der Waals surface area (Å²) in [6, 6.07) is 4.61. The quantitative estimate of drug-likeness (QED) is 0.700. The molecule has 0 N–H and O–H groups in total. The number of hydrogen-bond donors (Lipinski definition) is 0. The maximum absolute atomic E-state index is 13.2. The molecule has 1 rings (SSSR count). The summed E-state index contributed by atoms with van der Waals surface area (Å²) in [5.74, 6) is -0.309. The molecule has 0 aliphatic carbocycles. The van der Waals surface area contributed by atoms with E-state index in [0.717, 1.165) is 0 Å². The van der Waals surface area contributed by atoms with Crippen molar-refractivity contribution >= 4 is 11.6 Å². The maximum Gasteiger partial charge on any atom is 0.129 e. The van der Waals surface area contributed by atoms with Crippen LogP contribution in [0.2, 0.25) is 5.02 Å². The Hall–Kier alpha value is -0.640. The lowest BCUT2D eigenvalue weighted by Crippen LogP contribution is -2.16. The zero-order valence-corrected chi connectivity index (χ0v) is 8.31. The number of nitrogens with zero attached hydrogens (tertiary/aromatic N) is 1. The average molecular weight is 204 g/mol. The Morgan fingerprint density at radius 1 is 1.54 bits per heavy atom. The van der Waals surface area contributed by atoms with Gasteiger partial charge in [-0.05, 0) is 12.1 Å². The van der Waals surface area contributed by atoms with Crippen LogP contribution in [0.1, 0.15) is 5.56 Å². The van der Waals surface area contributed by atoms with Crippen molar-refractivity contribution in [2.24, 2.45) is 0 Å². The molecule has 1 aromatic rings. The van der Waals surface area contributed by atoms with E-state index < -0.39 is 0 Å². The lowest BCUT2D eigenvalue weighted by molar-refractivity contribution is -0.117. The summed E-state index contributed by atoms with van der Waals surface area (Å²) in [7, 11) is 3.23. The van der Waals surface area contributed by atoms with Crippen molar-refractivity contribution in [2.45, 2.75) is 6.54 Å². The summed E-state index contributed by atoms with van der Waals surface area (Å²) >= 11 is 5.81. The van der Waals surface area contributed by atoms with Crippen LogP contribution in [0, 0.1) is 5.82 Å². The molecule has 0 aliphatic heterocycles. The molecular formula is C9H11ClFNO. The third-order valence-corrected chi connectivity index (χ3v) is 2.11. The van der Waals surface area contributed by atoms with Gasteiger partial charge in [0.2, 0.25) is 0 Å². The van der Waals surface area contributed by atoms with E-state index >= 15 is 0 Å². The number of rotatable bonds is 3. The van der Waals surface area contributed by atoms with E-state index in [-0.39, 0.29) is 5.82 Å². The highest BCUT2D eigenvalue weighted by molar-refractivity contribution is 6.31. The smallest absolute Gasteiger partial charge is 0.129 e. The summed E-state index contributed by atoms with van der Waals surface area (Å²) in [4.78, 5) is 4.87. The standard InChI is InChI=1S/C9H11ClFNO/c1-12(13-2)6-7-8(10)4-3-5-9(7)11/h3-5H,6H2,1-2H3. The van der Waals surface area contributed by atoms with E-state index in [1.807, 2.05) is 0 Å². The number of benzene rings is 1. The Morgan fingerprint density at radius 2 is 2.23 bits per heavy atom. The SMILES string of the molecule is CON(C)Cc1c(F)cccc1Cl. The molecule has 72 valence electrons. The molecule has 0 amide bonds. The fourth-order valence-corrected chi connectivity index (χ4v) is 1.19. The minimum Gasteiger partial charge on any atom is -0.302 e. The topological polar surface area (TPSA) is 12.5 Å². The lowest BCUT2D eigenvalue weighted by atomic mass is 10.2. The molecule has 0 aliphatic rings. The second-order valence-electron chi connectivity index (χ2n) is 2.67. The molecule has 0 aromatic heterocycles. The largest absolute Gasteiger partial charge is 0.302 e. The van der Waals surface area contributed by atoms with Crippen molar-refractivity contribution < 1.29 is 9.23 Å². The van der Waals surface area contributed by atoms with Gasteiger partial charge in [-0.15, -0.1) is 0 Å². The van der Waals surface area contributed by atoms with Crippen LogP contribution in [-0.4, -0.2) is 19.2 Å². The van der Waals surface area contributed by atoms with Crippen molar-refractivity contribution in [3.8, 4) is 0 Å². The minimum absolute atomic E-state index is 0.309. The van der Waals surface area contributed by atoms with E-state index in [4.69, 9.17) is 16.4 Å². The summed E-state index contributed by atoms with van der Waals surface area (Å²) in [5.41, 5.74) is 0.452. The highest BCUT2D eigenvalue weighted by Gasteiger charge is 2.08. The van der Waals surface area contributed by atoms with Crippen LogP contribution < -0.4 is 0 Å². The minimum atomic E-state index is -0.309. The van der Waals surface area contributed by atoms with Gasteiger partial charge in [0.1, 0.15) is 5.82 Å². The second kappa shape index (κ2) is 4.56. The molecule has 0 saturated heterocycles. The van der Waals surface area contributed by atoms with Gasteiger partial charge < -0.3 is 4.84 Å². The molecule has 0 atom stereocenters. The molecule has 0 heterocycles. The normalized spacial score (nSPS) is 10.8. The van der Waals surface area contributed by atoms with E-state index in [1.165, 1.54) is 18.2 Å². The lowest BCUT2D eigenvalue weighted by Gasteiger charge is -2.14. The third-order valence-electron chi connectivity index (χ3n) is 1.75. The van der Waals surface area contributed by atoms with Crippen molar-refractivity contribution in [1.82, 2.24) is 5.06 Å². The first-order valence-electron chi connectivity index (χ1n) is 3.83. The Balaban J connectivity index is 2.87. The van der Waals surface area contributed by atoms with Crippen LogP contribution in [-0.2, 0) is 11.4 Å². The van der Waals surface area contributed by atoms with Gasteiger partial charge in [-0.25, -0.2) is 4.39 Å². The first-order chi connectivity index (χ1) is 6.15. The summed E-state index contributed by atoms with van der Waals surface area (Å²) in [6.07, 6.45) is 0. The van der Waals surface area contributed by atoms with Crippen LogP contribution in [0.3, 0.4) is 0 Å². The summed E-state index contributed by atoms with van der Waals surface area (Å²) in [5, 5.41) is 1.92. The van der Waals surface area contributed by atoms with Crippen LogP contribution in [0.4, 0.5) is 4.39 Å².